The predicted octanol–water partition coefficient (Wildman–Crippen LogP) is 4.71. The Kier molecular flexibility index (Phi) is 8.49. The molecule has 0 aliphatic heterocycles. The van der Waals surface area contributed by atoms with E-state index in [2.05, 4.69) is 32.2 Å². The molecule has 0 bridgehead atoms. The summed E-state index contributed by atoms with van der Waals surface area (Å²) in [7, 11) is 0. The average Bonchev–Trinajstić information content (AvgIpc) is 3.69. The quantitative estimate of drug-likeness (QED) is 0.410. The van der Waals surface area contributed by atoms with Crippen LogP contribution in [0.15, 0.2) is 54.9 Å². The number of hydrogen-bond donors (Lipinski definition) is 2. The number of pyridine rings is 1. The summed E-state index contributed by atoms with van der Waals surface area (Å²) in [5.74, 6) is -3.46. The van der Waals surface area contributed by atoms with E-state index in [1.165, 1.54) is 24.5 Å². The number of carbonyl (C=O) groups excluding carboxylic acids is 2. The van der Waals surface area contributed by atoms with Crippen molar-refractivity contribution in [2.45, 2.75) is 52.5 Å². The minimum Gasteiger partial charge on any atom is -0.476 e. The zero-order chi connectivity index (χ0) is 26.3. The second-order valence-corrected chi connectivity index (χ2v) is 8.84. The van der Waals surface area contributed by atoms with Gasteiger partial charge in [-0.25, -0.2) is 23.7 Å². The van der Waals surface area contributed by atoms with Gasteiger partial charge in [-0.1, -0.05) is 31.2 Å². The Bertz CT molecular complexity index is 1130. The number of allylic oxidation sites excluding steroid dienone is 2. The van der Waals surface area contributed by atoms with E-state index in [-0.39, 0.29) is 48.9 Å². The summed E-state index contributed by atoms with van der Waals surface area (Å²) in [5, 5.41) is 5.33. The van der Waals surface area contributed by atoms with E-state index in [4.69, 9.17) is 4.74 Å². The summed E-state index contributed by atoms with van der Waals surface area (Å²) < 4.78 is 35.4. The standard InChI is InChI=1S/C26H31F2N5O3/c1-5-12-26(27,28)25(6-2,17(3)4)16-36-21-10-7-18(14-30-21)15-31-23(35)20-11-13-29-24(32-20)33-22(34)19-8-9-19/h5,7,10-14,19H,3,6,8-9,15-16H2,1-2,4H3,(H,31,35)(H,29,32,33,34)/b12-5+. The van der Waals surface area contributed by atoms with Gasteiger partial charge in [0.2, 0.25) is 17.7 Å². The molecule has 2 aromatic rings. The molecule has 0 aromatic carbocycles. The van der Waals surface area contributed by atoms with Crippen LogP contribution < -0.4 is 15.4 Å². The van der Waals surface area contributed by atoms with Gasteiger partial charge in [0.15, 0.2) is 0 Å². The lowest BCUT2D eigenvalue weighted by molar-refractivity contribution is -0.117. The van der Waals surface area contributed by atoms with E-state index in [0.29, 0.717) is 11.1 Å². The average molecular weight is 500 g/mol. The van der Waals surface area contributed by atoms with Gasteiger partial charge in [0.25, 0.3) is 11.8 Å². The minimum atomic E-state index is -3.13. The molecule has 0 saturated heterocycles. The Morgan fingerprint density at radius 1 is 1.25 bits per heavy atom. The van der Waals surface area contributed by atoms with Crippen LogP contribution >= 0.6 is 0 Å². The van der Waals surface area contributed by atoms with Crippen LogP contribution in [0.25, 0.3) is 0 Å². The first-order valence-electron chi connectivity index (χ1n) is 11.8. The molecule has 2 amide bonds. The molecule has 2 N–H and O–H groups in total. The van der Waals surface area contributed by atoms with E-state index < -0.39 is 17.2 Å². The molecule has 2 aromatic heterocycles. The molecule has 1 saturated carbocycles. The summed E-state index contributed by atoms with van der Waals surface area (Å²) >= 11 is 0. The second-order valence-electron chi connectivity index (χ2n) is 8.84. The van der Waals surface area contributed by atoms with Gasteiger partial charge in [-0.15, -0.1) is 0 Å². The van der Waals surface area contributed by atoms with Crippen molar-refractivity contribution >= 4 is 17.8 Å². The van der Waals surface area contributed by atoms with Gasteiger partial charge in [-0.2, -0.15) is 0 Å². The van der Waals surface area contributed by atoms with Crippen LogP contribution in [0.2, 0.25) is 0 Å². The summed E-state index contributed by atoms with van der Waals surface area (Å²) in [4.78, 5) is 36.6. The number of rotatable bonds is 12. The summed E-state index contributed by atoms with van der Waals surface area (Å²) in [6.07, 6.45) is 6.92. The molecule has 36 heavy (non-hydrogen) atoms. The summed E-state index contributed by atoms with van der Waals surface area (Å²) in [6.45, 7) is 8.45. The van der Waals surface area contributed by atoms with Gasteiger partial charge < -0.3 is 10.1 Å². The van der Waals surface area contributed by atoms with Crippen molar-refractivity contribution in [3.05, 3.63) is 66.2 Å². The fourth-order valence-electron chi connectivity index (χ4n) is 3.69. The molecule has 192 valence electrons. The maximum absolute atomic E-state index is 14.9. The minimum absolute atomic E-state index is 0.00520. The highest BCUT2D eigenvalue weighted by Crippen LogP contribution is 2.46. The van der Waals surface area contributed by atoms with E-state index in [1.807, 2.05) is 0 Å². The second kappa shape index (κ2) is 11.4. The predicted molar refractivity (Wildman–Crippen MR) is 132 cm³/mol. The van der Waals surface area contributed by atoms with Crippen molar-refractivity contribution in [2.75, 3.05) is 11.9 Å². The van der Waals surface area contributed by atoms with Crippen LogP contribution in [0.1, 0.15) is 56.1 Å². The first kappa shape index (κ1) is 26.9. The monoisotopic (exact) mass is 499 g/mol. The molecule has 1 fully saturated rings. The van der Waals surface area contributed by atoms with Crippen LogP contribution in [-0.2, 0) is 11.3 Å². The zero-order valence-electron chi connectivity index (χ0n) is 20.7. The third-order valence-corrected chi connectivity index (χ3v) is 6.22. The van der Waals surface area contributed by atoms with E-state index in [1.54, 1.807) is 32.9 Å². The zero-order valence-corrected chi connectivity index (χ0v) is 20.7. The Morgan fingerprint density at radius 3 is 2.58 bits per heavy atom. The first-order valence-corrected chi connectivity index (χ1v) is 11.8. The Morgan fingerprint density at radius 2 is 2.00 bits per heavy atom. The van der Waals surface area contributed by atoms with Crippen LogP contribution in [0, 0.1) is 11.3 Å². The Balaban J connectivity index is 1.57. The molecule has 0 spiro atoms. The van der Waals surface area contributed by atoms with Crippen LogP contribution in [0.3, 0.4) is 0 Å². The molecule has 8 nitrogen and oxygen atoms in total. The molecule has 1 aliphatic rings. The molecular weight excluding hydrogens is 468 g/mol. The van der Waals surface area contributed by atoms with Crippen molar-refractivity contribution in [1.29, 1.82) is 0 Å². The van der Waals surface area contributed by atoms with Crippen LogP contribution in [0.4, 0.5) is 14.7 Å². The smallest absolute Gasteiger partial charge is 0.278 e. The first-order chi connectivity index (χ1) is 17.1. The SMILES string of the molecule is C=C(C)C(CC)(COc1ccc(CNC(=O)c2ccnc(NC(=O)C3CC3)n2)cn1)C(F)(F)/C=C/C. The highest BCUT2D eigenvalue weighted by molar-refractivity contribution is 5.94. The molecule has 0 radical (unpaired) electrons. The van der Waals surface area contributed by atoms with Gasteiger partial charge in [-0.3, -0.25) is 14.9 Å². The molecule has 10 heteroatoms. The van der Waals surface area contributed by atoms with Crippen molar-refractivity contribution in [2.24, 2.45) is 11.3 Å². The number of anilines is 1. The van der Waals surface area contributed by atoms with Gasteiger partial charge in [0.05, 0.1) is 5.41 Å². The topological polar surface area (TPSA) is 106 Å². The lowest BCUT2D eigenvalue weighted by Crippen LogP contribution is -2.45. The molecule has 1 unspecified atom stereocenters. The van der Waals surface area contributed by atoms with Crippen molar-refractivity contribution in [1.82, 2.24) is 20.3 Å². The fraction of sp³-hybridized carbons (Fsp3) is 0.423. The maximum Gasteiger partial charge on any atom is 0.278 e. The fourth-order valence-corrected chi connectivity index (χ4v) is 3.69. The molecular formula is C26H31F2N5O3. The third kappa shape index (κ3) is 6.30. The molecule has 1 atom stereocenters. The highest BCUT2D eigenvalue weighted by atomic mass is 19.3. The summed E-state index contributed by atoms with van der Waals surface area (Å²) in [5.41, 5.74) is -0.454. The number of alkyl halides is 2. The molecule has 2 heterocycles. The van der Waals surface area contributed by atoms with Crippen LogP contribution in [0.5, 0.6) is 5.88 Å². The lowest BCUT2D eigenvalue weighted by atomic mass is 9.73. The maximum atomic E-state index is 14.9. The van der Waals surface area contributed by atoms with Crippen molar-refractivity contribution in [3.8, 4) is 5.88 Å². The van der Waals surface area contributed by atoms with Crippen molar-refractivity contribution in [3.63, 3.8) is 0 Å². The van der Waals surface area contributed by atoms with Gasteiger partial charge in [-0.05, 0) is 50.8 Å². The number of nitrogens with zero attached hydrogens (tertiary/aromatic N) is 3. The number of hydrogen-bond acceptors (Lipinski definition) is 6. The number of amides is 2. The number of ether oxygens (including phenoxy) is 1. The largest absolute Gasteiger partial charge is 0.476 e. The van der Waals surface area contributed by atoms with Gasteiger partial charge >= 0.3 is 0 Å². The van der Waals surface area contributed by atoms with Crippen molar-refractivity contribution < 1.29 is 23.1 Å². The number of nitrogens with one attached hydrogen (secondary N) is 2. The molecule has 1 aliphatic carbocycles. The van der Waals surface area contributed by atoms with Gasteiger partial charge in [0.1, 0.15) is 12.3 Å². The normalized spacial score (nSPS) is 15.2. The van der Waals surface area contributed by atoms with E-state index >= 15 is 0 Å². The number of aromatic nitrogens is 3. The Labute approximate surface area is 209 Å². The van der Waals surface area contributed by atoms with Crippen LogP contribution in [-0.4, -0.2) is 39.3 Å². The Hall–Kier alpha value is -3.69. The van der Waals surface area contributed by atoms with E-state index in [9.17, 15) is 18.4 Å². The third-order valence-electron chi connectivity index (χ3n) is 6.22. The number of carbonyl (C=O) groups is 2. The number of halogens is 2. The molecule has 3 rings (SSSR count). The summed E-state index contributed by atoms with van der Waals surface area (Å²) in [6, 6.07) is 4.69. The highest BCUT2D eigenvalue weighted by Gasteiger charge is 2.52. The van der Waals surface area contributed by atoms with E-state index in [0.717, 1.165) is 18.9 Å². The van der Waals surface area contributed by atoms with Gasteiger partial charge in [0, 0.05) is 30.9 Å². The lowest BCUT2D eigenvalue weighted by Gasteiger charge is -2.38.